The largest absolute Gasteiger partial charge is 0.452 e. The molecule has 0 spiro atoms. The lowest BCUT2D eigenvalue weighted by molar-refractivity contribution is -0.160. The first-order valence-electron chi connectivity index (χ1n) is 9.42. The quantitative estimate of drug-likeness (QED) is 0.804. The van der Waals surface area contributed by atoms with Crippen molar-refractivity contribution in [3.8, 4) is 6.07 Å². The topological polar surface area (TPSA) is 99.5 Å². The molecule has 1 aromatic rings. The molecule has 1 heterocycles. The first-order chi connectivity index (χ1) is 13.1. The number of ether oxygens (including phenoxy) is 1. The van der Waals surface area contributed by atoms with Crippen molar-refractivity contribution < 1.29 is 19.1 Å². The highest BCUT2D eigenvalue weighted by Gasteiger charge is 2.33. The normalized spacial score (nSPS) is 16.0. The van der Waals surface area contributed by atoms with Gasteiger partial charge in [-0.25, -0.2) is 0 Å². The minimum atomic E-state index is -0.933. The van der Waals surface area contributed by atoms with Gasteiger partial charge in [-0.3, -0.25) is 14.4 Å². The molecule has 0 aliphatic carbocycles. The molecule has 1 fully saturated rings. The Kier molecular flexibility index (Phi) is 6.79. The summed E-state index contributed by atoms with van der Waals surface area (Å²) in [5.74, 6) is -1.08. The van der Waals surface area contributed by atoms with E-state index < -0.39 is 23.4 Å². The molecule has 1 aliphatic rings. The Hall–Kier alpha value is -2.88. The highest BCUT2D eigenvalue weighted by molar-refractivity contribution is 5.95. The van der Waals surface area contributed by atoms with Crippen molar-refractivity contribution in [3.05, 3.63) is 29.8 Å². The van der Waals surface area contributed by atoms with Crippen molar-refractivity contribution in [1.29, 1.82) is 5.26 Å². The third-order valence-electron chi connectivity index (χ3n) is 4.70. The second-order valence-corrected chi connectivity index (χ2v) is 8.07. The lowest BCUT2D eigenvalue weighted by Gasteiger charge is -2.35. The number of carbonyl (C=O) groups excluding carboxylic acids is 3. The minimum absolute atomic E-state index is 0.0782. The second kappa shape index (κ2) is 8.87. The summed E-state index contributed by atoms with van der Waals surface area (Å²) in [4.78, 5) is 38.7. The molecule has 1 saturated heterocycles. The van der Waals surface area contributed by atoms with E-state index in [1.54, 1.807) is 29.2 Å². The van der Waals surface area contributed by atoms with Crippen LogP contribution >= 0.6 is 0 Å². The molecule has 0 bridgehead atoms. The van der Waals surface area contributed by atoms with Gasteiger partial charge in [0, 0.05) is 24.2 Å². The van der Waals surface area contributed by atoms with Crippen LogP contribution in [0.2, 0.25) is 0 Å². The molecule has 2 rings (SSSR count). The molecule has 7 heteroatoms. The predicted octanol–water partition coefficient (Wildman–Crippen LogP) is 2.71. The van der Waals surface area contributed by atoms with Crippen LogP contribution in [0.5, 0.6) is 0 Å². The summed E-state index contributed by atoms with van der Waals surface area (Å²) in [6.07, 6.45) is 0.132. The molecule has 150 valence electrons. The fraction of sp³-hybridized carbons (Fsp3) is 0.524. The van der Waals surface area contributed by atoms with Crippen LogP contribution in [0, 0.1) is 22.7 Å². The van der Waals surface area contributed by atoms with Gasteiger partial charge in [-0.05, 0) is 44.0 Å². The molecule has 0 radical (unpaired) electrons. The zero-order valence-electron chi connectivity index (χ0n) is 16.8. The van der Waals surface area contributed by atoms with Crippen LogP contribution in [0.1, 0.15) is 46.1 Å². The SMILES string of the molecule is CC(OC(=O)C1CCN(C(=O)C(C)(C)C)CC1)C(=O)Nc1ccc(C#N)cc1. The highest BCUT2D eigenvalue weighted by Crippen LogP contribution is 2.24. The summed E-state index contributed by atoms with van der Waals surface area (Å²) in [5, 5.41) is 11.5. The van der Waals surface area contributed by atoms with E-state index in [0.29, 0.717) is 37.2 Å². The van der Waals surface area contributed by atoms with E-state index in [2.05, 4.69) is 5.32 Å². The number of likely N-dealkylation sites (tertiary alicyclic amines) is 1. The maximum Gasteiger partial charge on any atom is 0.309 e. The molecule has 28 heavy (non-hydrogen) atoms. The van der Waals surface area contributed by atoms with E-state index in [1.165, 1.54) is 6.92 Å². The Bertz CT molecular complexity index is 766. The lowest BCUT2D eigenvalue weighted by atomic mass is 9.91. The fourth-order valence-corrected chi connectivity index (χ4v) is 2.99. The number of nitriles is 1. The van der Waals surface area contributed by atoms with Gasteiger partial charge in [0.1, 0.15) is 0 Å². The number of amides is 2. The van der Waals surface area contributed by atoms with E-state index in [1.807, 2.05) is 26.8 Å². The van der Waals surface area contributed by atoms with Crippen molar-refractivity contribution >= 4 is 23.5 Å². The summed E-state index contributed by atoms with van der Waals surface area (Å²) in [6.45, 7) is 8.19. The van der Waals surface area contributed by atoms with Crippen LogP contribution < -0.4 is 5.32 Å². The number of rotatable bonds is 4. The first-order valence-corrected chi connectivity index (χ1v) is 9.42. The Morgan fingerprint density at radius 1 is 1.18 bits per heavy atom. The van der Waals surface area contributed by atoms with E-state index in [-0.39, 0.29) is 11.8 Å². The van der Waals surface area contributed by atoms with Crippen LogP contribution in [0.25, 0.3) is 0 Å². The van der Waals surface area contributed by atoms with E-state index in [9.17, 15) is 14.4 Å². The number of piperidine rings is 1. The number of nitrogens with zero attached hydrogens (tertiary/aromatic N) is 2. The molecular formula is C21H27N3O4. The maximum absolute atomic E-state index is 12.4. The average molecular weight is 385 g/mol. The zero-order chi connectivity index (χ0) is 20.9. The summed E-state index contributed by atoms with van der Waals surface area (Å²) in [5.41, 5.74) is 0.584. The number of anilines is 1. The average Bonchev–Trinajstić information content (AvgIpc) is 2.67. The molecule has 1 atom stereocenters. The Morgan fingerprint density at radius 2 is 1.75 bits per heavy atom. The van der Waals surface area contributed by atoms with Crippen molar-refractivity contribution in [3.63, 3.8) is 0 Å². The number of benzene rings is 1. The van der Waals surface area contributed by atoms with E-state index in [0.717, 1.165) is 0 Å². The van der Waals surface area contributed by atoms with E-state index >= 15 is 0 Å². The lowest BCUT2D eigenvalue weighted by Crippen LogP contribution is -2.45. The van der Waals surface area contributed by atoms with Gasteiger partial charge in [-0.15, -0.1) is 0 Å². The molecule has 0 aromatic heterocycles. The third kappa shape index (κ3) is 5.56. The molecule has 1 N–H and O–H groups in total. The van der Waals surface area contributed by atoms with E-state index in [4.69, 9.17) is 10.00 Å². The minimum Gasteiger partial charge on any atom is -0.452 e. The van der Waals surface area contributed by atoms with Crippen molar-refractivity contribution in [2.45, 2.75) is 46.6 Å². The van der Waals surface area contributed by atoms with Crippen LogP contribution in [0.15, 0.2) is 24.3 Å². The highest BCUT2D eigenvalue weighted by atomic mass is 16.5. The van der Waals surface area contributed by atoms with Crippen molar-refractivity contribution in [1.82, 2.24) is 4.90 Å². The molecule has 1 unspecified atom stereocenters. The van der Waals surface area contributed by atoms with Crippen molar-refractivity contribution in [2.75, 3.05) is 18.4 Å². The van der Waals surface area contributed by atoms with Gasteiger partial charge in [-0.1, -0.05) is 20.8 Å². The van der Waals surface area contributed by atoms with Gasteiger partial charge in [0.15, 0.2) is 6.10 Å². The summed E-state index contributed by atoms with van der Waals surface area (Å²) in [7, 11) is 0. The predicted molar refractivity (Wildman–Crippen MR) is 104 cm³/mol. The van der Waals surface area contributed by atoms with Gasteiger partial charge in [0.2, 0.25) is 5.91 Å². The molecule has 1 aromatic carbocycles. The number of carbonyl (C=O) groups is 3. The Labute approximate surface area is 165 Å². The fourth-order valence-electron chi connectivity index (χ4n) is 2.99. The third-order valence-corrected chi connectivity index (χ3v) is 4.70. The smallest absolute Gasteiger partial charge is 0.309 e. The number of esters is 1. The molecule has 1 aliphatic heterocycles. The first kappa shape index (κ1) is 21.4. The second-order valence-electron chi connectivity index (χ2n) is 8.07. The molecule has 2 amide bonds. The number of hydrogen-bond donors (Lipinski definition) is 1. The van der Waals surface area contributed by atoms with Gasteiger partial charge >= 0.3 is 5.97 Å². The molecule has 0 saturated carbocycles. The summed E-state index contributed by atoms with van der Waals surface area (Å²) >= 11 is 0. The van der Waals surface area contributed by atoms with Gasteiger partial charge in [-0.2, -0.15) is 5.26 Å². The Morgan fingerprint density at radius 3 is 2.25 bits per heavy atom. The number of hydrogen-bond acceptors (Lipinski definition) is 5. The maximum atomic E-state index is 12.4. The van der Waals surface area contributed by atoms with Crippen LogP contribution in [-0.4, -0.2) is 41.9 Å². The van der Waals surface area contributed by atoms with Crippen molar-refractivity contribution in [2.24, 2.45) is 11.3 Å². The monoisotopic (exact) mass is 385 g/mol. The van der Waals surface area contributed by atoms with Gasteiger partial charge in [0.25, 0.3) is 5.91 Å². The standard InChI is InChI=1S/C21H27N3O4/c1-14(18(25)23-17-7-5-15(13-22)6-8-17)28-19(26)16-9-11-24(12-10-16)20(27)21(2,3)4/h5-8,14,16H,9-12H2,1-4H3,(H,23,25). The van der Waals surface area contributed by atoms with Crippen LogP contribution in [-0.2, 0) is 19.1 Å². The molecule has 7 nitrogen and oxygen atoms in total. The molecular weight excluding hydrogens is 358 g/mol. The Balaban J connectivity index is 1.83. The van der Waals surface area contributed by atoms with Gasteiger partial charge in [0.05, 0.1) is 17.6 Å². The zero-order valence-corrected chi connectivity index (χ0v) is 16.8. The van der Waals surface area contributed by atoms with Gasteiger partial charge < -0.3 is 15.0 Å². The van der Waals surface area contributed by atoms with Crippen LogP contribution in [0.3, 0.4) is 0 Å². The summed E-state index contributed by atoms with van der Waals surface area (Å²) < 4.78 is 5.32. The summed E-state index contributed by atoms with van der Waals surface area (Å²) in [6, 6.07) is 8.43. The number of nitrogens with one attached hydrogen (secondary N) is 1. The van der Waals surface area contributed by atoms with Crippen LogP contribution in [0.4, 0.5) is 5.69 Å².